The van der Waals surface area contributed by atoms with Crippen molar-refractivity contribution in [3.8, 4) is 0 Å². The normalized spacial score (nSPS) is 10.8. The number of nitrogens with one attached hydrogen (secondary N) is 1. The molecule has 2 amide bonds. The van der Waals surface area contributed by atoms with Crippen LogP contribution in [0.25, 0.3) is 0 Å². The first-order valence-electron chi connectivity index (χ1n) is 8.22. The predicted molar refractivity (Wildman–Crippen MR) is 111 cm³/mol. The van der Waals surface area contributed by atoms with Crippen molar-refractivity contribution in [1.29, 1.82) is 0 Å². The van der Waals surface area contributed by atoms with Gasteiger partial charge >= 0.3 is 0 Å². The third kappa shape index (κ3) is 5.15. The van der Waals surface area contributed by atoms with Crippen molar-refractivity contribution in [2.75, 3.05) is 11.1 Å². The zero-order valence-electron chi connectivity index (χ0n) is 15.1. The summed E-state index contributed by atoms with van der Waals surface area (Å²) in [4.78, 5) is 32.9. The van der Waals surface area contributed by atoms with Crippen LogP contribution >= 0.6 is 34.4 Å². The number of carbonyl (C=O) groups is 2. The molecule has 0 unspecified atom stereocenters. The maximum absolute atomic E-state index is 13.0. The summed E-state index contributed by atoms with van der Waals surface area (Å²) in [5.74, 6) is -0.805. The second-order valence-electron chi connectivity index (χ2n) is 5.93. The Morgan fingerprint density at radius 2 is 1.86 bits per heavy atom. The van der Waals surface area contributed by atoms with Gasteiger partial charge in [0.25, 0.3) is 5.91 Å². The number of nitrogens with two attached hydrogens (primary N) is 1. The van der Waals surface area contributed by atoms with E-state index < -0.39 is 5.91 Å². The Hall–Kier alpha value is -2.30. The minimum absolute atomic E-state index is 0.164. The van der Waals surface area contributed by atoms with Crippen LogP contribution in [0.4, 0.5) is 9.52 Å². The molecule has 0 aliphatic heterocycles. The number of aromatic nitrogens is 2. The smallest absolute Gasteiger partial charge is 0.269 e. The number of hydrogen-bond acceptors (Lipinski definition) is 7. The monoisotopic (exact) mass is 436 g/mol. The molecule has 10 heteroatoms. The molecule has 0 radical (unpaired) electrons. The molecule has 0 fully saturated rings. The number of benzene rings is 1. The molecule has 2 heterocycles. The number of rotatable bonds is 7. The Morgan fingerprint density at radius 3 is 2.54 bits per heavy atom. The van der Waals surface area contributed by atoms with Crippen LogP contribution in [0.5, 0.6) is 0 Å². The molecule has 28 heavy (non-hydrogen) atoms. The molecule has 0 aliphatic rings. The van der Waals surface area contributed by atoms with Gasteiger partial charge in [-0.05, 0) is 31.5 Å². The summed E-state index contributed by atoms with van der Waals surface area (Å²) < 4.78 is 13.9. The number of nitrogens with zero attached hydrogens (tertiary/aromatic N) is 2. The topological polar surface area (TPSA) is 98.0 Å². The van der Waals surface area contributed by atoms with E-state index >= 15 is 0 Å². The highest BCUT2D eigenvalue weighted by atomic mass is 32.2. The third-order valence-corrected chi connectivity index (χ3v) is 7.25. The van der Waals surface area contributed by atoms with Crippen LogP contribution in [-0.2, 0) is 11.2 Å². The fourth-order valence-corrected chi connectivity index (χ4v) is 5.24. The highest BCUT2D eigenvalue weighted by Crippen LogP contribution is 2.32. The van der Waals surface area contributed by atoms with Crippen molar-refractivity contribution >= 4 is 51.4 Å². The average Bonchev–Trinajstić information content (AvgIpc) is 3.17. The van der Waals surface area contributed by atoms with Gasteiger partial charge in [0.15, 0.2) is 5.13 Å². The Bertz CT molecular complexity index is 1010. The molecule has 0 spiro atoms. The van der Waals surface area contributed by atoms with Crippen molar-refractivity contribution in [3.05, 3.63) is 56.9 Å². The van der Waals surface area contributed by atoms with E-state index in [1.54, 1.807) is 19.1 Å². The lowest BCUT2D eigenvalue weighted by Crippen LogP contribution is -2.12. The third-order valence-electron chi connectivity index (χ3n) is 3.64. The molecule has 3 aromatic rings. The van der Waals surface area contributed by atoms with Crippen molar-refractivity contribution < 1.29 is 14.0 Å². The molecule has 2 aromatic heterocycles. The maximum Gasteiger partial charge on any atom is 0.269 e. The van der Waals surface area contributed by atoms with Crippen molar-refractivity contribution in [2.45, 2.75) is 24.5 Å². The number of thiazole rings is 2. The average molecular weight is 437 g/mol. The summed E-state index contributed by atoms with van der Waals surface area (Å²) >= 11 is 3.91. The highest BCUT2D eigenvalue weighted by Gasteiger charge is 2.18. The fraction of sp³-hybridized carbons (Fsp3) is 0.222. The molecule has 6 nitrogen and oxygen atoms in total. The number of carbonyl (C=O) groups excluding carboxylic acids is 2. The molecule has 0 bridgehead atoms. The molecule has 0 saturated heterocycles. The molecule has 0 saturated carbocycles. The Balaban J connectivity index is 1.69. The van der Waals surface area contributed by atoms with Crippen LogP contribution in [0, 0.1) is 19.7 Å². The van der Waals surface area contributed by atoms with E-state index in [1.165, 1.54) is 46.6 Å². The van der Waals surface area contributed by atoms with E-state index in [2.05, 4.69) is 15.3 Å². The van der Waals surface area contributed by atoms with E-state index in [0.717, 1.165) is 20.5 Å². The zero-order chi connectivity index (χ0) is 20.3. The second kappa shape index (κ2) is 8.80. The van der Waals surface area contributed by atoms with Gasteiger partial charge in [-0.2, -0.15) is 0 Å². The molecule has 1 aromatic carbocycles. The Morgan fingerprint density at radius 1 is 1.14 bits per heavy atom. The lowest BCUT2D eigenvalue weighted by molar-refractivity contribution is -0.115. The van der Waals surface area contributed by atoms with Crippen molar-refractivity contribution in [2.24, 2.45) is 5.73 Å². The van der Waals surface area contributed by atoms with Crippen LogP contribution < -0.4 is 11.1 Å². The quantitative estimate of drug-likeness (QED) is 0.549. The molecular formula is C18H17FN4O2S3. The molecule has 0 atom stereocenters. The Labute approximate surface area is 173 Å². The first-order chi connectivity index (χ1) is 13.3. The largest absolute Gasteiger partial charge is 0.369 e. The summed E-state index contributed by atoms with van der Waals surface area (Å²) in [5.41, 5.74) is 7.47. The van der Waals surface area contributed by atoms with Gasteiger partial charge in [-0.1, -0.05) is 23.5 Å². The van der Waals surface area contributed by atoms with Crippen molar-refractivity contribution in [3.63, 3.8) is 0 Å². The zero-order valence-corrected chi connectivity index (χ0v) is 17.6. The van der Waals surface area contributed by atoms with E-state index in [0.29, 0.717) is 22.1 Å². The fourth-order valence-electron chi connectivity index (χ4n) is 2.38. The number of primary amides is 1. The standard InChI is InChI=1S/C18H17FN4O2S3/c1-9-15(27-14(21-9)7-11-3-5-12(19)6-4-11)16(25)23-18-22-10(2)17(28-18)26-8-13(20)24/h3-6H,7-8H2,1-2H3,(H2,20,24)(H,22,23,25). The minimum Gasteiger partial charge on any atom is -0.369 e. The van der Waals surface area contributed by atoms with Crippen molar-refractivity contribution in [1.82, 2.24) is 9.97 Å². The maximum atomic E-state index is 13.0. The lowest BCUT2D eigenvalue weighted by atomic mass is 10.1. The highest BCUT2D eigenvalue weighted by molar-refractivity contribution is 8.01. The molecular weight excluding hydrogens is 419 g/mol. The summed E-state index contributed by atoms with van der Waals surface area (Å²) in [6.45, 7) is 3.59. The van der Waals surface area contributed by atoms with Crippen LogP contribution in [0.3, 0.4) is 0 Å². The van der Waals surface area contributed by atoms with E-state index in [-0.39, 0.29) is 17.5 Å². The van der Waals surface area contributed by atoms with E-state index in [4.69, 9.17) is 5.73 Å². The number of anilines is 1. The summed E-state index contributed by atoms with van der Waals surface area (Å²) in [6, 6.07) is 6.22. The number of thioether (sulfide) groups is 1. The first kappa shape index (κ1) is 20.4. The lowest BCUT2D eigenvalue weighted by Gasteiger charge is -1.99. The molecule has 3 rings (SSSR count). The number of hydrogen-bond donors (Lipinski definition) is 2. The van der Waals surface area contributed by atoms with Gasteiger partial charge in [0.05, 0.1) is 26.4 Å². The number of amides is 2. The van der Waals surface area contributed by atoms with Gasteiger partial charge < -0.3 is 5.73 Å². The van der Waals surface area contributed by atoms with E-state index in [1.807, 2.05) is 6.92 Å². The van der Waals surface area contributed by atoms with Gasteiger partial charge in [-0.3, -0.25) is 14.9 Å². The summed E-state index contributed by atoms with van der Waals surface area (Å²) in [6.07, 6.45) is 0.531. The van der Waals surface area contributed by atoms with Gasteiger partial charge in [-0.15, -0.1) is 23.1 Å². The van der Waals surface area contributed by atoms with Gasteiger partial charge in [0.1, 0.15) is 10.7 Å². The molecule has 0 aliphatic carbocycles. The molecule has 146 valence electrons. The SMILES string of the molecule is Cc1nc(NC(=O)c2sc(Cc3ccc(F)cc3)nc2C)sc1SCC(N)=O. The molecule has 3 N–H and O–H groups in total. The van der Waals surface area contributed by atoms with Gasteiger partial charge in [-0.25, -0.2) is 14.4 Å². The summed E-state index contributed by atoms with van der Waals surface area (Å²) in [7, 11) is 0. The van der Waals surface area contributed by atoms with E-state index in [9.17, 15) is 14.0 Å². The van der Waals surface area contributed by atoms with Gasteiger partial charge in [0, 0.05) is 6.42 Å². The predicted octanol–water partition coefficient (Wildman–Crippen LogP) is 3.78. The van der Waals surface area contributed by atoms with Crippen LogP contribution in [-0.4, -0.2) is 27.5 Å². The Kier molecular flexibility index (Phi) is 6.42. The van der Waals surface area contributed by atoms with Gasteiger partial charge in [0.2, 0.25) is 5.91 Å². The second-order valence-corrected chi connectivity index (χ2v) is 9.25. The van der Waals surface area contributed by atoms with Crippen LogP contribution in [0.2, 0.25) is 0 Å². The minimum atomic E-state index is -0.405. The van der Waals surface area contributed by atoms with Crippen LogP contribution in [0.15, 0.2) is 28.5 Å². The number of aryl methyl sites for hydroxylation is 2. The summed E-state index contributed by atoms with van der Waals surface area (Å²) in [5, 5.41) is 4.03. The van der Waals surface area contributed by atoms with Crippen LogP contribution in [0.1, 0.15) is 31.6 Å². The first-order valence-corrected chi connectivity index (χ1v) is 10.8. The number of halogens is 1.